The van der Waals surface area contributed by atoms with Gasteiger partial charge in [0.2, 0.25) is 16.0 Å². The van der Waals surface area contributed by atoms with E-state index >= 15 is 0 Å². The number of hydrogen-bond acceptors (Lipinski definition) is 6. The number of aromatic nitrogens is 8. The molecule has 0 radical (unpaired) electrons. The van der Waals surface area contributed by atoms with Crippen molar-refractivity contribution in [2.24, 2.45) is 0 Å². The molecule has 8 nitrogen and oxygen atoms in total. The zero-order valence-corrected chi connectivity index (χ0v) is 17.8. The number of tetrazole rings is 2. The van der Waals surface area contributed by atoms with E-state index < -0.39 is 4.33 Å². The molecule has 2 aromatic heterocycles. The summed E-state index contributed by atoms with van der Waals surface area (Å²) >= 11 is 13.6. The Hall–Kier alpha value is -2.84. The van der Waals surface area contributed by atoms with Crippen LogP contribution in [0.4, 0.5) is 0 Å². The summed E-state index contributed by atoms with van der Waals surface area (Å²) in [6.45, 7) is 7.97. The van der Waals surface area contributed by atoms with Gasteiger partial charge in [0.15, 0.2) is 0 Å². The summed E-state index contributed by atoms with van der Waals surface area (Å²) in [7, 11) is 0. The van der Waals surface area contributed by atoms with Crippen LogP contribution in [0.15, 0.2) is 36.4 Å². The van der Waals surface area contributed by atoms with Crippen LogP contribution >= 0.6 is 23.2 Å². The lowest BCUT2D eigenvalue weighted by Crippen LogP contribution is -2.24. The van der Waals surface area contributed by atoms with Gasteiger partial charge in [0.05, 0.1) is 11.4 Å². The fourth-order valence-corrected chi connectivity index (χ4v) is 3.75. The first-order valence-electron chi connectivity index (χ1n) is 8.90. The molecule has 2 aromatic carbocycles. The summed E-state index contributed by atoms with van der Waals surface area (Å²) in [4.78, 5) is 0. The third kappa shape index (κ3) is 3.38. The van der Waals surface area contributed by atoms with Gasteiger partial charge < -0.3 is 0 Å². The molecule has 4 rings (SSSR count). The van der Waals surface area contributed by atoms with E-state index in [4.69, 9.17) is 23.2 Å². The molecular weight excluding hydrogens is 411 g/mol. The number of rotatable bonds is 4. The van der Waals surface area contributed by atoms with Gasteiger partial charge >= 0.3 is 0 Å². The smallest absolute Gasteiger partial charge is 0.193 e. The second kappa shape index (κ2) is 7.20. The van der Waals surface area contributed by atoms with Gasteiger partial charge in [-0.1, -0.05) is 58.6 Å². The van der Waals surface area contributed by atoms with Gasteiger partial charge in [0.1, 0.15) is 0 Å². The Morgan fingerprint density at radius 2 is 1.10 bits per heavy atom. The Labute approximate surface area is 177 Å². The molecule has 0 unspecified atom stereocenters. The normalized spacial score (nSPS) is 11.8. The van der Waals surface area contributed by atoms with Crippen LogP contribution in [-0.2, 0) is 4.33 Å². The molecule has 0 amide bonds. The number of hydrogen-bond donors (Lipinski definition) is 0. The Morgan fingerprint density at radius 3 is 1.48 bits per heavy atom. The minimum Gasteiger partial charge on any atom is -0.193 e. The molecule has 0 N–H and O–H groups in total. The van der Waals surface area contributed by atoms with Crippen molar-refractivity contribution in [3.05, 3.63) is 70.3 Å². The summed E-state index contributed by atoms with van der Waals surface area (Å²) in [6.07, 6.45) is 0. The van der Waals surface area contributed by atoms with Crippen molar-refractivity contribution in [3.63, 3.8) is 0 Å². The van der Waals surface area contributed by atoms with Crippen LogP contribution in [0.2, 0.25) is 0 Å². The van der Waals surface area contributed by atoms with E-state index in [9.17, 15) is 0 Å². The first kappa shape index (κ1) is 19.5. The first-order chi connectivity index (χ1) is 13.8. The van der Waals surface area contributed by atoms with Crippen molar-refractivity contribution in [3.8, 4) is 11.4 Å². The largest absolute Gasteiger partial charge is 0.240 e. The molecule has 0 aliphatic carbocycles. The summed E-state index contributed by atoms with van der Waals surface area (Å²) < 4.78 is 1.33. The molecule has 0 aliphatic rings. The van der Waals surface area contributed by atoms with E-state index in [1.807, 2.05) is 64.1 Å². The molecule has 0 saturated heterocycles. The highest BCUT2D eigenvalue weighted by Gasteiger charge is 2.42. The monoisotopic (exact) mass is 428 g/mol. The van der Waals surface area contributed by atoms with Crippen LogP contribution in [-0.4, -0.2) is 40.4 Å². The number of aryl methyl sites for hydroxylation is 4. The minimum absolute atomic E-state index is 0.202. The molecule has 0 fully saturated rings. The zero-order chi connectivity index (χ0) is 20.8. The van der Waals surface area contributed by atoms with Gasteiger partial charge in [-0.05, 0) is 71.8 Å². The SMILES string of the molecule is Cc1ccc(-n2nnnc2C(Cl)(Cl)c2nnnn2-c2ccc(C)cc2C)c(C)c1. The van der Waals surface area contributed by atoms with E-state index in [0.29, 0.717) is 0 Å². The van der Waals surface area contributed by atoms with Crippen LogP contribution in [0.5, 0.6) is 0 Å². The summed E-state index contributed by atoms with van der Waals surface area (Å²) in [6, 6.07) is 11.8. The molecule has 148 valence electrons. The van der Waals surface area contributed by atoms with Gasteiger partial charge in [-0.3, -0.25) is 0 Å². The third-order valence-electron chi connectivity index (χ3n) is 4.66. The number of benzene rings is 2. The molecular formula is C19H18Cl2N8. The predicted octanol–water partition coefficient (Wildman–Crippen LogP) is 3.55. The highest BCUT2D eigenvalue weighted by atomic mass is 35.5. The Balaban J connectivity index is 1.85. The molecule has 0 saturated carbocycles. The van der Waals surface area contributed by atoms with Crippen molar-refractivity contribution in [1.29, 1.82) is 0 Å². The van der Waals surface area contributed by atoms with Gasteiger partial charge in [0.25, 0.3) is 0 Å². The molecule has 4 aromatic rings. The first-order valence-corrected chi connectivity index (χ1v) is 9.65. The second-order valence-electron chi connectivity index (χ2n) is 6.98. The standard InChI is InChI=1S/C19H18Cl2N8/c1-11-5-7-15(13(3)9-11)28-17(22-24-26-28)19(20,21)18-23-25-27-29(18)16-8-6-12(2)10-14(16)4/h5-10H,1-4H3. The maximum atomic E-state index is 6.79. The van der Waals surface area contributed by atoms with Crippen molar-refractivity contribution in [1.82, 2.24) is 40.4 Å². The van der Waals surface area contributed by atoms with Crippen LogP contribution < -0.4 is 0 Å². The Bertz CT molecular complexity index is 1100. The Kier molecular flexibility index (Phi) is 4.84. The van der Waals surface area contributed by atoms with Gasteiger partial charge in [0, 0.05) is 0 Å². The zero-order valence-electron chi connectivity index (χ0n) is 16.3. The highest BCUT2D eigenvalue weighted by molar-refractivity contribution is 6.49. The lowest BCUT2D eigenvalue weighted by atomic mass is 10.1. The van der Waals surface area contributed by atoms with Crippen molar-refractivity contribution >= 4 is 23.2 Å². The van der Waals surface area contributed by atoms with E-state index in [2.05, 4.69) is 31.1 Å². The quantitative estimate of drug-likeness (QED) is 0.461. The molecule has 0 spiro atoms. The molecule has 0 aliphatic heterocycles. The van der Waals surface area contributed by atoms with E-state index in [-0.39, 0.29) is 11.6 Å². The number of halogens is 2. The van der Waals surface area contributed by atoms with Crippen LogP contribution in [0.1, 0.15) is 33.9 Å². The molecule has 0 atom stereocenters. The lowest BCUT2D eigenvalue weighted by Gasteiger charge is -2.19. The summed E-state index contributed by atoms with van der Waals surface area (Å²) in [5.41, 5.74) is 5.76. The maximum Gasteiger partial charge on any atom is 0.240 e. The van der Waals surface area contributed by atoms with Crippen molar-refractivity contribution < 1.29 is 0 Å². The summed E-state index contributed by atoms with van der Waals surface area (Å²) in [5.74, 6) is 0.405. The summed E-state index contributed by atoms with van der Waals surface area (Å²) in [5, 5.41) is 23.9. The topological polar surface area (TPSA) is 87.2 Å². The minimum atomic E-state index is -1.69. The van der Waals surface area contributed by atoms with Gasteiger partial charge in [-0.25, -0.2) is 0 Å². The predicted molar refractivity (Wildman–Crippen MR) is 110 cm³/mol. The van der Waals surface area contributed by atoms with Crippen molar-refractivity contribution in [2.45, 2.75) is 32.0 Å². The molecule has 0 bridgehead atoms. The molecule has 2 heterocycles. The van der Waals surface area contributed by atoms with Crippen LogP contribution in [0, 0.1) is 27.7 Å². The fraction of sp³-hybridized carbons (Fsp3) is 0.263. The van der Waals surface area contributed by atoms with E-state index in [1.54, 1.807) is 0 Å². The van der Waals surface area contributed by atoms with Gasteiger partial charge in [-0.2, -0.15) is 9.36 Å². The highest BCUT2D eigenvalue weighted by Crippen LogP contribution is 2.40. The van der Waals surface area contributed by atoms with E-state index in [0.717, 1.165) is 33.6 Å². The van der Waals surface area contributed by atoms with E-state index in [1.165, 1.54) is 9.36 Å². The average Bonchev–Trinajstić information content (AvgIpc) is 3.31. The molecule has 29 heavy (non-hydrogen) atoms. The Morgan fingerprint density at radius 1 is 0.690 bits per heavy atom. The number of alkyl halides is 2. The van der Waals surface area contributed by atoms with Gasteiger partial charge in [-0.15, -0.1) is 10.2 Å². The lowest BCUT2D eigenvalue weighted by molar-refractivity contribution is 0.700. The number of nitrogens with zero attached hydrogens (tertiary/aromatic N) is 8. The fourth-order valence-electron chi connectivity index (χ4n) is 3.28. The third-order valence-corrected chi connectivity index (χ3v) is 5.34. The maximum absolute atomic E-state index is 6.79. The van der Waals surface area contributed by atoms with Crippen LogP contribution in [0.3, 0.4) is 0 Å². The van der Waals surface area contributed by atoms with Crippen LogP contribution in [0.25, 0.3) is 11.4 Å². The van der Waals surface area contributed by atoms with Crippen molar-refractivity contribution in [2.75, 3.05) is 0 Å². The second-order valence-corrected chi connectivity index (χ2v) is 8.31. The molecule has 10 heteroatoms. The average molecular weight is 429 g/mol.